The van der Waals surface area contributed by atoms with Crippen LogP contribution in [0.5, 0.6) is 0 Å². The highest BCUT2D eigenvalue weighted by Crippen LogP contribution is 2.30. The van der Waals surface area contributed by atoms with Gasteiger partial charge in [-0.3, -0.25) is 9.59 Å². The van der Waals surface area contributed by atoms with Crippen LogP contribution in [0.3, 0.4) is 0 Å². The molecule has 3 aromatic rings. The van der Waals surface area contributed by atoms with E-state index in [1.165, 1.54) is 0 Å². The predicted molar refractivity (Wildman–Crippen MR) is 153 cm³/mol. The molecule has 3 aromatic carbocycles. The Morgan fingerprint density at radius 3 is 1.39 bits per heavy atom. The minimum Gasteiger partial charge on any atom is -0.306 e. The van der Waals surface area contributed by atoms with E-state index in [9.17, 15) is 9.59 Å². The lowest BCUT2D eigenvalue weighted by Gasteiger charge is -2.22. The van der Waals surface area contributed by atoms with Crippen molar-refractivity contribution in [1.82, 2.24) is 9.80 Å². The molecule has 36 heavy (non-hydrogen) atoms. The van der Waals surface area contributed by atoms with Crippen molar-refractivity contribution in [3.05, 3.63) is 59.7 Å². The summed E-state index contributed by atoms with van der Waals surface area (Å²) in [4.78, 5) is 31.4. The molecule has 0 aromatic heterocycles. The van der Waals surface area contributed by atoms with Crippen molar-refractivity contribution >= 4 is 33.1 Å². The average Bonchev–Trinajstić information content (AvgIpc) is 2.89. The predicted octanol–water partition coefficient (Wildman–Crippen LogP) is 7.09. The summed E-state index contributed by atoms with van der Waals surface area (Å²) >= 11 is 0. The molecule has 4 heteroatoms. The van der Waals surface area contributed by atoms with Crippen molar-refractivity contribution in [1.29, 1.82) is 0 Å². The van der Waals surface area contributed by atoms with Gasteiger partial charge in [0.05, 0.1) is 0 Å². The third kappa shape index (κ3) is 6.80. The Morgan fingerprint density at radius 2 is 1.06 bits per heavy atom. The smallest absolute Gasteiger partial charge is 0.163 e. The fourth-order valence-electron chi connectivity index (χ4n) is 5.10. The van der Waals surface area contributed by atoms with E-state index in [1.54, 1.807) is 0 Å². The third-order valence-electron chi connectivity index (χ3n) is 7.80. The third-order valence-corrected chi connectivity index (χ3v) is 7.80. The molecule has 0 N–H and O–H groups in total. The van der Waals surface area contributed by atoms with Gasteiger partial charge >= 0.3 is 0 Å². The van der Waals surface area contributed by atoms with Gasteiger partial charge in [0.25, 0.3) is 0 Å². The SMILES string of the molecule is CCC(CC(=O)c1cccc2cc3c(C(=O)CC(CC)CN(C)CC)cccc3cc12)CN(C)CC. The molecule has 0 aliphatic heterocycles. The lowest BCUT2D eigenvalue weighted by atomic mass is 9.89. The zero-order chi connectivity index (χ0) is 26.2. The fourth-order valence-corrected chi connectivity index (χ4v) is 5.10. The number of hydrogen-bond donors (Lipinski definition) is 0. The van der Waals surface area contributed by atoms with Crippen molar-refractivity contribution < 1.29 is 9.59 Å². The number of rotatable bonds is 14. The molecule has 4 nitrogen and oxygen atoms in total. The molecule has 0 aliphatic rings. The molecule has 0 saturated carbocycles. The molecule has 0 heterocycles. The summed E-state index contributed by atoms with van der Waals surface area (Å²) in [6, 6.07) is 16.2. The maximum absolute atomic E-state index is 13.4. The largest absolute Gasteiger partial charge is 0.306 e. The summed E-state index contributed by atoms with van der Waals surface area (Å²) in [5.74, 6) is 1.10. The van der Waals surface area contributed by atoms with Gasteiger partial charge in [0, 0.05) is 37.1 Å². The Labute approximate surface area is 217 Å². The van der Waals surface area contributed by atoms with Gasteiger partial charge in [0.2, 0.25) is 0 Å². The first kappa shape index (κ1) is 28.0. The van der Waals surface area contributed by atoms with E-state index >= 15 is 0 Å². The van der Waals surface area contributed by atoms with Gasteiger partial charge in [-0.25, -0.2) is 0 Å². The molecule has 0 spiro atoms. The summed E-state index contributed by atoms with van der Waals surface area (Å²) in [6.07, 6.45) is 3.09. The van der Waals surface area contributed by atoms with Crippen molar-refractivity contribution in [2.75, 3.05) is 40.3 Å². The highest BCUT2D eigenvalue weighted by molar-refractivity contribution is 6.15. The second-order valence-corrected chi connectivity index (χ2v) is 10.4. The van der Waals surface area contributed by atoms with Crippen LogP contribution in [-0.4, -0.2) is 61.6 Å². The Balaban J connectivity index is 1.93. The van der Waals surface area contributed by atoms with Gasteiger partial charge in [0.1, 0.15) is 0 Å². The quantitative estimate of drug-likeness (QED) is 0.179. The van der Waals surface area contributed by atoms with Crippen LogP contribution in [0.15, 0.2) is 48.5 Å². The first-order valence-corrected chi connectivity index (χ1v) is 13.7. The lowest BCUT2D eigenvalue weighted by Crippen LogP contribution is -2.26. The van der Waals surface area contributed by atoms with Gasteiger partial charge < -0.3 is 9.80 Å². The summed E-state index contributed by atoms with van der Waals surface area (Å²) in [7, 11) is 4.22. The summed E-state index contributed by atoms with van der Waals surface area (Å²) < 4.78 is 0. The van der Waals surface area contributed by atoms with Crippen molar-refractivity contribution in [2.24, 2.45) is 11.8 Å². The van der Waals surface area contributed by atoms with Crippen LogP contribution < -0.4 is 0 Å². The first-order chi connectivity index (χ1) is 17.3. The molecule has 0 bridgehead atoms. The molecule has 2 unspecified atom stereocenters. The lowest BCUT2D eigenvalue weighted by molar-refractivity contribution is 0.0942. The molecular weight excluding hydrogens is 444 g/mol. The van der Waals surface area contributed by atoms with Crippen LogP contribution in [-0.2, 0) is 0 Å². The molecule has 0 aliphatic carbocycles. The van der Waals surface area contributed by atoms with E-state index in [-0.39, 0.29) is 11.6 Å². The number of ketones is 2. The number of carbonyl (C=O) groups is 2. The van der Waals surface area contributed by atoms with Crippen LogP contribution in [0.25, 0.3) is 21.5 Å². The molecule has 2 atom stereocenters. The second kappa shape index (κ2) is 13.1. The number of nitrogens with zero attached hydrogens (tertiary/aromatic N) is 2. The van der Waals surface area contributed by atoms with Gasteiger partial charge in [-0.15, -0.1) is 0 Å². The molecular formula is C32H44N2O2. The van der Waals surface area contributed by atoms with Gasteiger partial charge in [-0.2, -0.15) is 0 Å². The molecule has 3 rings (SSSR count). The topological polar surface area (TPSA) is 40.6 Å². The first-order valence-electron chi connectivity index (χ1n) is 13.7. The fraction of sp³-hybridized carbons (Fsp3) is 0.500. The number of benzene rings is 3. The van der Waals surface area contributed by atoms with Crippen molar-refractivity contribution in [3.63, 3.8) is 0 Å². The van der Waals surface area contributed by atoms with Crippen molar-refractivity contribution in [3.8, 4) is 0 Å². The Hall–Kier alpha value is -2.56. The van der Waals surface area contributed by atoms with E-state index in [0.29, 0.717) is 24.7 Å². The zero-order valence-electron chi connectivity index (χ0n) is 23.1. The number of hydrogen-bond acceptors (Lipinski definition) is 4. The monoisotopic (exact) mass is 488 g/mol. The normalized spacial score (nSPS) is 13.6. The van der Waals surface area contributed by atoms with E-state index in [2.05, 4.69) is 75.9 Å². The highest BCUT2D eigenvalue weighted by atomic mass is 16.1. The minimum atomic E-state index is 0.203. The van der Waals surface area contributed by atoms with Gasteiger partial charge in [-0.1, -0.05) is 76.9 Å². The van der Waals surface area contributed by atoms with E-state index in [1.807, 2.05) is 24.3 Å². The Kier molecular flexibility index (Phi) is 10.2. The van der Waals surface area contributed by atoms with Crippen LogP contribution in [0.2, 0.25) is 0 Å². The Morgan fingerprint density at radius 1 is 0.667 bits per heavy atom. The summed E-state index contributed by atoms with van der Waals surface area (Å²) in [5, 5.41) is 4.00. The molecule has 0 radical (unpaired) electrons. The standard InChI is InChI=1S/C32H44N2O2/c1-7-23(21-33(5)9-3)17-31(35)27-15-11-13-25-20-30-26(19-29(25)27)14-12-16-28(30)32(36)18-24(8-2)22-34(6)10-4/h11-16,19-20,23-24H,7-10,17-18,21-22H2,1-6H3. The molecule has 194 valence electrons. The molecule has 0 fully saturated rings. The maximum atomic E-state index is 13.4. The van der Waals surface area contributed by atoms with E-state index in [0.717, 1.165) is 71.7 Å². The van der Waals surface area contributed by atoms with Gasteiger partial charge in [-0.05, 0) is 72.7 Å². The maximum Gasteiger partial charge on any atom is 0.163 e. The molecule has 0 amide bonds. The van der Waals surface area contributed by atoms with Gasteiger partial charge in [0.15, 0.2) is 11.6 Å². The van der Waals surface area contributed by atoms with Crippen LogP contribution in [0.4, 0.5) is 0 Å². The summed E-state index contributed by atoms with van der Waals surface area (Å²) in [6.45, 7) is 12.5. The Bertz CT molecular complexity index is 1090. The minimum absolute atomic E-state index is 0.203. The average molecular weight is 489 g/mol. The van der Waals surface area contributed by atoms with Crippen LogP contribution in [0, 0.1) is 11.8 Å². The number of carbonyl (C=O) groups excluding carboxylic acids is 2. The van der Waals surface area contributed by atoms with Crippen LogP contribution >= 0.6 is 0 Å². The molecule has 0 saturated heterocycles. The second-order valence-electron chi connectivity index (χ2n) is 10.4. The van der Waals surface area contributed by atoms with E-state index in [4.69, 9.17) is 0 Å². The van der Waals surface area contributed by atoms with E-state index < -0.39 is 0 Å². The number of fused-ring (bicyclic) bond motifs is 2. The summed E-state index contributed by atoms with van der Waals surface area (Å²) in [5.41, 5.74) is 1.58. The van der Waals surface area contributed by atoms with Crippen molar-refractivity contribution in [2.45, 2.75) is 53.4 Å². The zero-order valence-corrected chi connectivity index (χ0v) is 23.1. The highest BCUT2D eigenvalue weighted by Gasteiger charge is 2.20. The van der Waals surface area contributed by atoms with Crippen LogP contribution in [0.1, 0.15) is 74.1 Å². The number of Topliss-reactive ketones (excluding diaryl/α,β-unsaturated/α-hetero) is 2.